The van der Waals surface area contributed by atoms with Gasteiger partial charge in [-0.15, -0.1) is 0 Å². The summed E-state index contributed by atoms with van der Waals surface area (Å²) in [5, 5.41) is 0.988. The van der Waals surface area contributed by atoms with Gasteiger partial charge in [0.25, 0.3) is 5.91 Å². The topological polar surface area (TPSA) is 77.0 Å². The fraction of sp³-hybridized carbons (Fsp3) is 0.276. The molecular weight excluding hydrogens is 505 g/mol. The maximum absolute atomic E-state index is 13.8. The van der Waals surface area contributed by atoms with E-state index in [1.807, 2.05) is 53.6 Å². The number of aromatic nitrogens is 3. The molecule has 4 rings (SSSR count). The summed E-state index contributed by atoms with van der Waals surface area (Å²) in [5.41, 5.74) is 9.22. The fourth-order valence-electron chi connectivity index (χ4n) is 4.45. The van der Waals surface area contributed by atoms with E-state index in [0.717, 1.165) is 22.6 Å². The van der Waals surface area contributed by atoms with Crippen molar-refractivity contribution in [2.24, 2.45) is 11.7 Å². The zero-order chi connectivity index (χ0) is 26.4. The van der Waals surface area contributed by atoms with E-state index >= 15 is 0 Å². The number of carbonyl (C=O) groups is 1. The predicted octanol–water partition coefficient (Wildman–Crippen LogP) is 6.49. The minimum absolute atomic E-state index is 0.0751. The Morgan fingerprint density at radius 1 is 1.05 bits per heavy atom. The first kappa shape index (κ1) is 26.9. The van der Waals surface area contributed by atoms with Gasteiger partial charge in [-0.2, -0.15) is 0 Å². The van der Waals surface area contributed by atoms with Crippen molar-refractivity contribution in [1.82, 2.24) is 19.4 Å². The second kappa shape index (κ2) is 12.4. The third kappa shape index (κ3) is 6.58. The first-order chi connectivity index (χ1) is 17.9. The number of nitrogens with zero attached hydrogens (tertiary/aromatic N) is 4. The lowest BCUT2D eigenvalue weighted by Gasteiger charge is -2.34. The molecule has 2 heterocycles. The summed E-state index contributed by atoms with van der Waals surface area (Å²) >= 11 is 12.3. The van der Waals surface area contributed by atoms with Crippen LogP contribution in [0.4, 0.5) is 0 Å². The molecule has 2 N–H and O–H groups in total. The summed E-state index contributed by atoms with van der Waals surface area (Å²) < 4.78 is 2.14. The highest BCUT2D eigenvalue weighted by atomic mass is 35.5. The molecule has 0 saturated carbocycles. The quantitative estimate of drug-likeness (QED) is 0.235. The molecule has 0 saturated heterocycles. The van der Waals surface area contributed by atoms with E-state index in [-0.39, 0.29) is 17.9 Å². The Labute approximate surface area is 228 Å². The van der Waals surface area contributed by atoms with Crippen LogP contribution in [-0.2, 0) is 6.54 Å². The van der Waals surface area contributed by atoms with Crippen molar-refractivity contribution >= 4 is 29.1 Å². The molecule has 0 aliphatic carbocycles. The molecule has 0 aliphatic heterocycles. The molecule has 0 fully saturated rings. The van der Waals surface area contributed by atoms with Crippen molar-refractivity contribution in [2.45, 2.75) is 32.9 Å². The zero-order valence-electron chi connectivity index (χ0n) is 21.0. The Morgan fingerprint density at radius 2 is 1.84 bits per heavy atom. The summed E-state index contributed by atoms with van der Waals surface area (Å²) in [6.07, 6.45) is 4.22. The second-order valence-electron chi connectivity index (χ2n) is 9.31. The van der Waals surface area contributed by atoms with Gasteiger partial charge in [0.15, 0.2) is 0 Å². The van der Waals surface area contributed by atoms with Crippen LogP contribution >= 0.6 is 23.2 Å². The van der Waals surface area contributed by atoms with Gasteiger partial charge in [-0.3, -0.25) is 4.79 Å². The smallest absolute Gasteiger partial charge is 0.256 e. The van der Waals surface area contributed by atoms with Crippen LogP contribution in [0, 0.1) is 5.92 Å². The Balaban J connectivity index is 1.82. The van der Waals surface area contributed by atoms with E-state index in [1.165, 1.54) is 6.20 Å². The molecule has 0 aliphatic rings. The summed E-state index contributed by atoms with van der Waals surface area (Å²) in [4.78, 5) is 24.9. The van der Waals surface area contributed by atoms with E-state index in [0.29, 0.717) is 41.8 Å². The second-order valence-corrected chi connectivity index (χ2v) is 10.1. The molecule has 6 nitrogen and oxygen atoms in total. The number of nitrogens with two attached hydrogens (primary N) is 1. The molecular formula is C29H31Cl2N5O. The molecule has 0 spiro atoms. The minimum Gasteiger partial charge on any atom is -0.330 e. The van der Waals surface area contributed by atoms with Crippen molar-refractivity contribution in [2.75, 3.05) is 13.1 Å². The monoisotopic (exact) mass is 535 g/mol. The van der Waals surface area contributed by atoms with Crippen LogP contribution in [0.3, 0.4) is 0 Å². The van der Waals surface area contributed by atoms with Crippen molar-refractivity contribution in [3.63, 3.8) is 0 Å². The maximum Gasteiger partial charge on any atom is 0.256 e. The Kier molecular flexibility index (Phi) is 8.98. The lowest BCUT2D eigenvalue weighted by molar-refractivity contribution is 0.0604. The molecule has 2 aromatic heterocycles. The number of amides is 1. The minimum atomic E-state index is -0.300. The van der Waals surface area contributed by atoms with Gasteiger partial charge >= 0.3 is 0 Å². The highest BCUT2D eigenvalue weighted by Crippen LogP contribution is 2.33. The fourth-order valence-corrected chi connectivity index (χ4v) is 4.76. The van der Waals surface area contributed by atoms with Gasteiger partial charge in [-0.1, -0.05) is 79.5 Å². The summed E-state index contributed by atoms with van der Waals surface area (Å²) in [6, 6.07) is 20.9. The van der Waals surface area contributed by atoms with Gasteiger partial charge in [0, 0.05) is 36.1 Å². The van der Waals surface area contributed by atoms with Crippen LogP contribution in [0.1, 0.15) is 48.1 Å². The molecule has 2 aromatic carbocycles. The van der Waals surface area contributed by atoms with Gasteiger partial charge in [0.2, 0.25) is 0 Å². The SMILES string of the molecule is CC(C)C(c1nc(-c2cccc(Cl)c2)cn1Cc1ccccc1)N(CCCN)C(=O)c1ccc(Cl)nc1. The van der Waals surface area contributed by atoms with Crippen molar-refractivity contribution in [3.05, 3.63) is 106 Å². The number of pyridine rings is 1. The summed E-state index contributed by atoms with van der Waals surface area (Å²) in [6.45, 7) is 5.79. The number of halogens is 2. The third-order valence-corrected chi connectivity index (χ3v) is 6.65. The first-order valence-corrected chi connectivity index (χ1v) is 13.1. The van der Waals surface area contributed by atoms with Crippen LogP contribution in [-0.4, -0.2) is 38.4 Å². The number of carbonyl (C=O) groups excluding carboxylic acids is 1. The van der Waals surface area contributed by atoms with Crippen LogP contribution in [0.25, 0.3) is 11.3 Å². The summed E-state index contributed by atoms with van der Waals surface area (Å²) in [7, 11) is 0. The van der Waals surface area contributed by atoms with Gasteiger partial charge in [-0.05, 0) is 48.7 Å². The lowest BCUT2D eigenvalue weighted by atomic mass is 9.99. The predicted molar refractivity (Wildman–Crippen MR) is 150 cm³/mol. The van der Waals surface area contributed by atoms with E-state index in [4.69, 9.17) is 33.9 Å². The van der Waals surface area contributed by atoms with Crippen molar-refractivity contribution < 1.29 is 4.79 Å². The lowest BCUT2D eigenvalue weighted by Crippen LogP contribution is -2.40. The van der Waals surface area contributed by atoms with Gasteiger partial charge in [-0.25, -0.2) is 9.97 Å². The van der Waals surface area contributed by atoms with Gasteiger partial charge < -0.3 is 15.2 Å². The highest BCUT2D eigenvalue weighted by Gasteiger charge is 2.32. The van der Waals surface area contributed by atoms with Crippen LogP contribution in [0.2, 0.25) is 10.2 Å². The van der Waals surface area contributed by atoms with E-state index in [9.17, 15) is 4.79 Å². The number of hydrogen-bond donors (Lipinski definition) is 1. The van der Waals surface area contributed by atoms with Crippen LogP contribution < -0.4 is 5.73 Å². The normalized spacial score (nSPS) is 12.1. The average molecular weight is 537 g/mol. The number of imidazole rings is 1. The Bertz CT molecular complexity index is 1320. The average Bonchev–Trinajstić information content (AvgIpc) is 3.30. The summed E-state index contributed by atoms with van der Waals surface area (Å²) in [5.74, 6) is 0.752. The van der Waals surface area contributed by atoms with E-state index in [2.05, 4.69) is 35.5 Å². The molecule has 0 radical (unpaired) electrons. The molecule has 1 unspecified atom stereocenters. The maximum atomic E-state index is 13.8. The van der Waals surface area contributed by atoms with Gasteiger partial charge in [0.05, 0.1) is 17.3 Å². The largest absolute Gasteiger partial charge is 0.330 e. The molecule has 1 amide bonds. The number of benzene rings is 2. The zero-order valence-corrected chi connectivity index (χ0v) is 22.5. The molecule has 37 heavy (non-hydrogen) atoms. The number of hydrogen-bond acceptors (Lipinski definition) is 4. The standard InChI is InChI=1S/C29H31Cl2N5O/c1-20(2)27(36(15-7-14-32)29(37)23-12-13-26(31)33-17-23)28-34-25(22-10-6-11-24(30)16-22)19-35(28)18-21-8-4-3-5-9-21/h3-6,8-13,16-17,19-20,27H,7,14-15,18,32H2,1-2H3. The third-order valence-electron chi connectivity index (χ3n) is 6.19. The van der Waals surface area contributed by atoms with Crippen molar-refractivity contribution in [3.8, 4) is 11.3 Å². The number of rotatable bonds is 10. The van der Waals surface area contributed by atoms with Crippen molar-refractivity contribution in [1.29, 1.82) is 0 Å². The molecule has 1 atom stereocenters. The molecule has 8 heteroatoms. The van der Waals surface area contributed by atoms with Crippen LogP contribution in [0.15, 0.2) is 79.1 Å². The van der Waals surface area contributed by atoms with Crippen LogP contribution in [0.5, 0.6) is 0 Å². The van der Waals surface area contributed by atoms with Gasteiger partial charge in [0.1, 0.15) is 11.0 Å². The first-order valence-electron chi connectivity index (χ1n) is 12.4. The molecule has 0 bridgehead atoms. The Hall–Kier alpha value is -3.19. The van der Waals surface area contributed by atoms with E-state index in [1.54, 1.807) is 12.1 Å². The molecule has 4 aromatic rings. The molecule has 192 valence electrons. The highest BCUT2D eigenvalue weighted by molar-refractivity contribution is 6.30. The van der Waals surface area contributed by atoms with E-state index < -0.39 is 0 Å². The Morgan fingerprint density at radius 3 is 2.49 bits per heavy atom.